The van der Waals surface area contributed by atoms with Crippen LogP contribution < -0.4 is 15.4 Å². The molecule has 6 rings (SSSR count). The summed E-state index contributed by atoms with van der Waals surface area (Å²) in [6, 6.07) is 17.9. The SMILES string of the molecule is CC(C)(C)c1cc(NC(=O)N[C@H]2CC[C@@H](Oc3ccc4nnc(-c5c(Cl)cccc5Cl)n4c3)c3ccccc32)n(CCO[SH](=O)=O)n1. The Hall–Kier alpha value is -4.17. The molecule has 0 saturated carbocycles. The fraction of sp³-hybridized carbons (Fsp3) is 0.312. The number of anilines is 1. The molecule has 0 unspecified atom stereocenters. The van der Waals surface area contributed by atoms with Crippen LogP contribution in [0.2, 0.25) is 10.0 Å². The van der Waals surface area contributed by atoms with Crippen LogP contribution in [0, 0.1) is 0 Å². The standard InChI is InChI=1S/C32H33Cl2N7O5S/c1-32(2,3)26-17-28(41(39-26)15-16-45-47(43)44)36-31(42)35-24-12-13-25(21-8-5-4-7-20(21)24)46-19-11-14-27-37-38-30(40(27)18-19)29-22(33)9-6-10-23(29)34/h4-11,14,17-18,24-25,47H,12-13,15-16H2,1-3H3,(H2,35,36,42)/t24-,25+/m0/s1. The highest BCUT2D eigenvalue weighted by Crippen LogP contribution is 2.39. The maximum Gasteiger partial charge on any atom is 0.320 e. The minimum Gasteiger partial charge on any atom is -0.484 e. The van der Waals surface area contributed by atoms with E-state index < -0.39 is 17.0 Å². The van der Waals surface area contributed by atoms with Gasteiger partial charge in [0.15, 0.2) is 11.5 Å². The second-order valence-electron chi connectivity index (χ2n) is 12.1. The van der Waals surface area contributed by atoms with Crippen molar-refractivity contribution < 1.29 is 22.1 Å². The van der Waals surface area contributed by atoms with Crippen LogP contribution >= 0.6 is 23.2 Å². The molecule has 1 aliphatic rings. The molecule has 0 fully saturated rings. The number of carbonyl (C=O) groups is 1. The van der Waals surface area contributed by atoms with E-state index >= 15 is 0 Å². The average Bonchev–Trinajstić information content (AvgIpc) is 3.62. The quantitative estimate of drug-likeness (QED) is 0.148. The first kappa shape index (κ1) is 32.8. The van der Waals surface area contributed by atoms with Crippen molar-refractivity contribution in [2.45, 2.75) is 57.7 Å². The largest absolute Gasteiger partial charge is 0.484 e. The van der Waals surface area contributed by atoms with E-state index in [1.165, 1.54) is 4.68 Å². The summed E-state index contributed by atoms with van der Waals surface area (Å²) in [5.41, 5.74) is 3.57. The van der Waals surface area contributed by atoms with Crippen LogP contribution in [-0.4, -0.2) is 45.4 Å². The molecule has 3 heterocycles. The molecule has 5 aromatic rings. The number of halogens is 2. The molecule has 15 heteroatoms. The number of rotatable bonds is 9. The summed E-state index contributed by atoms with van der Waals surface area (Å²) in [4.78, 5) is 13.3. The van der Waals surface area contributed by atoms with Crippen LogP contribution in [0.3, 0.4) is 0 Å². The van der Waals surface area contributed by atoms with Gasteiger partial charge in [0, 0.05) is 11.5 Å². The molecular formula is C32H33Cl2N7O5S. The molecule has 0 radical (unpaired) electrons. The van der Waals surface area contributed by atoms with E-state index in [0.29, 0.717) is 51.5 Å². The lowest BCUT2D eigenvalue weighted by Gasteiger charge is -2.32. The fourth-order valence-electron chi connectivity index (χ4n) is 5.58. The summed E-state index contributed by atoms with van der Waals surface area (Å²) in [6.45, 7) is 6.06. The van der Waals surface area contributed by atoms with Gasteiger partial charge in [0.25, 0.3) is 11.0 Å². The first-order valence-corrected chi connectivity index (χ1v) is 16.8. The number of carbonyl (C=O) groups excluding carboxylic acids is 1. The molecule has 12 nitrogen and oxygen atoms in total. The van der Waals surface area contributed by atoms with Crippen molar-refractivity contribution in [3.05, 3.63) is 93.7 Å². The Balaban J connectivity index is 1.19. The number of benzene rings is 2. The second-order valence-corrected chi connectivity index (χ2v) is 13.6. The normalized spacial score (nSPS) is 16.3. The van der Waals surface area contributed by atoms with E-state index in [1.807, 2.05) is 63.4 Å². The third-order valence-electron chi connectivity index (χ3n) is 7.87. The third kappa shape index (κ3) is 7.23. The number of ether oxygens (including phenoxy) is 1. The van der Waals surface area contributed by atoms with Crippen LogP contribution in [0.1, 0.15) is 62.6 Å². The van der Waals surface area contributed by atoms with E-state index in [4.69, 9.17) is 32.1 Å². The van der Waals surface area contributed by atoms with Crippen molar-refractivity contribution >= 4 is 51.7 Å². The van der Waals surface area contributed by atoms with Gasteiger partial charge in [0.2, 0.25) is 0 Å². The van der Waals surface area contributed by atoms with Gasteiger partial charge in [0.1, 0.15) is 17.7 Å². The lowest BCUT2D eigenvalue weighted by molar-refractivity contribution is 0.171. The van der Waals surface area contributed by atoms with Crippen LogP contribution in [0.25, 0.3) is 17.0 Å². The van der Waals surface area contributed by atoms with Crippen molar-refractivity contribution in [1.82, 2.24) is 29.7 Å². The van der Waals surface area contributed by atoms with E-state index in [1.54, 1.807) is 28.7 Å². The number of nitrogens with one attached hydrogen (secondary N) is 2. The number of pyridine rings is 1. The molecule has 1 aliphatic carbocycles. The lowest BCUT2D eigenvalue weighted by atomic mass is 9.85. The predicted octanol–water partition coefficient (Wildman–Crippen LogP) is 6.52. The van der Waals surface area contributed by atoms with Crippen LogP contribution in [0.15, 0.2) is 66.9 Å². The summed E-state index contributed by atoms with van der Waals surface area (Å²) in [5, 5.41) is 20.1. The highest BCUT2D eigenvalue weighted by molar-refractivity contribution is 7.67. The van der Waals surface area contributed by atoms with Crippen LogP contribution in [-0.2, 0) is 27.1 Å². The molecule has 0 aliphatic heterocycles. The summed E-state index contributed by atoms with van der Waals surface area (Å²) < 4.78 is 36.3. The molecule has 246 valence electrons. The average molecular weight is 699 g/mol. The van der Waals surface area contributed by atoms with E-state index in [0.717, 1.165) is 16.8 Å². The molecule has 3 aromatic heterocycles. The number of aromatic nitrogens is 5. The Morgan fingerprint density at radius 1 is 1.00 bits per heavy atom. The summed E-state index contributed by atoms with van der Waals surface area (Å²) in [5.74, 6) is 1.55. The van der Waals surface area contributed by atoms with Crippen molar-refractivity contribution in [3.63, 3.8) is 0 Å². The number of fused-ring (bicyclic) bond motifs is 2. The van der Waals surface area contributed by atoms with Gasteiger partial charge in [-0.05, 0) is 48.2 Å². The fourth-order valence-corrected chi connectivity index (χ4v) is 6.37. The molecule has 0 saturated heterocycles. The molecule has 47 heavy (non-hydrogen) atoms. The Morgan fingerprint density at radius 2 is 1.74 bits per heavy atom. The number of thiol groups is 1. The zero-order chi connectivity index (χ0) is 33.3. The van der Waals surface area contributed by atoms with Gasteiger partial charge in [-0.1, -0.05) is 74.3 Å². The molecule has 0 bridgehead atoms. The zero-order valence-corrected chi connectivity index (χ0v) is 28.2. The number of nitrogens with zero attached hydrogens (tertiary/aromatic N) is 5. The van der Waals surface area contributed by atoms with Gasteiger partial charge in [-0.3, -0.25) is 13.9 Å². The van der Waals surface area contributed by atoms with Gasteiger partial charge in [0.05, 0.1) is 46.7 Å². The monoisotopic (exact) mass is 697 g/mol. The van der Waals surface area contributed by atoms with Crippen molar-refractivity contribution in [1.29, 1.82) is 0 Å². The van der Waals surface area contributed by atoms with E-state index in [9.17, 15) is 13.2 Å². The molecule has 2 N–H and O–H groups in total. The number of hydrogen-bond donors (Lipinski definition) is 3. The van der Waals surface area contributed by atoms with Gasteiger partial charge in [-0.15, -0.1) is 10.2 Å². The lowest BCUT2D eigenvalue weighted by Crippen LogP contribution is -2.36. The number of hydrogen-bond acceptors (Lipinski definition) is 8. The van der Waals surface area contributed by atoms with Crippen molar-refractivity contribution in [3.8, 4) is 17.1 Å². The predicted molar refractivity (Wildman–Crippen MR) is 180 cm³/mol. The summed E-state index contributed by atoms with van der Waals surface area (Å²) in [6.07, 6.45) is 2.82. The van der Waals surface area contributed by atoms with Gasteiger partial charge >= 0.3 is 6.03 Å². The van der Waals surface area contributed by atoms with Gasteiger partial charge < -0.3 is 10.1 Å². The zero-order valence-electron chi connectivity index (χ0n) is 25.8. The van der Waals surface area contributed by atoms with E-state index in [-0.39, 0.29) is 30.7 Å². The summed E-state index contributed by atoms with van der Waals surface area (Å²) in [7, 11) is -2.98. The number of urea groups is 1. The van der Waals surface area contributed by atoms with Crippen molar-refractivity contribution in [2.24, 2.45) is 0 Å². The van der Waals surface area contributed by atoms with Gasteiger partial charge in [-0.25, -0.2) is 17.9 Å². The summed E-state index contributed by atoms with van der Waals surface area (Å²) >= 11 is 12.9. The Morgan fingerprint density at radius 3 is 2.47 bits per heavy atom. The minimum absolute atomic E-state index is 0.100. The van der Waals surface area contributed by atoms with Crippen LogP contribution in [0.5, 0.6) is 5.75 Å². The molecular weight excluding hydrogens is 665 g/mol. The molecule has 0 spiro atoms. The van der Waals surface area contributed by atoms with Gasteiger partial charge in [-0.2, -0.15) is 5.10 Å². The molecule has 2 amide bonds. The Bertz CT molecular complexity index is 1990. The second kappa shape index (κ2) is 13.5. The maximum absolute atomic E-state index is 13.3. The Kier molecular flexibility index (Phi) is 9.42. The highest BCUT2D eigenvalue weighted by atomic mass is 35.5. The smallest absolute Gasteiger partial charge is 0.320 e. The number of amides is 2. The third-order valence-corrected chi connectivity index (χ3v) is 8.89. The maximum atomic E-state index is 13.3. The minimum atomic E-state index is -2.98. The molecule has 2 aromatic carbocycles. The topological polar surface area (TPSA) is 142 Å². The van der Waals surface area contributed by atoms with E-state index in [2.05, 4.69) is 25.9 Å². The Labute approximate surface area is 283 Å². The highest BCUT2D eigenvalue weighted by Gasteiger charge is 2.30. The molecule has 2 atom stereocenters. The first-order chi connectivity index (χ1) is 22.5. The first-order valence-electron chi connectivity index (χ1n) is 15.0. The van der Waals surface area contributed by atoms with Crippen molar-refractivity contribution in [2.75, 3.05) is 11.9 Å². The van der Waals surface area contributed by atoms with Crippen LogP contribution in [0.4, 0.5) is 10.6 Å².